The van der Waals surface area contributed by atoms with Crippen LogP contribution >= 0.6 is 0 Å². The molecular formula is C71H44N2O. The smallest absolute Gasteiger partial charge is 0.143 e. The van der Waals surface area contributed by atoms with Gasteiger partial charge in [-0.2, -0.15) is 0 Å². The van der Waals surface area contributed by atoms with Crippen LogP contribution in [0.4, 0.5) is 17.1 Å². The van der Waals surface area contributed by atoms with E-state index >= 15 is 0 Å². The van der Waals surface area contributed by atoms with E-state index in [9.17, 15) is 0 Å². The molecule has 0 amide bonds. The van der Waals surface area contributed by atoms with Crippen LogP contribution in [0.15, 0.2) is 271 Å². The zero-order chi connectivity index (χ0) is 48.5. The van der Waals surface area contributed by atoms with Crippen LogP contribution in [0.1, 0.15) is 22.3 Å². The molecule has 2 heterocycles. The summed E-state index contributed by atoms with van der Waals surface area (Å²) in [4.78, 5) is 2.49. The van der Waals surface area contributed by atoms with Crippen LogP contribution in [0.5, 0.6) is 0 Å². The Labute approximate surface area is 428 Å². The van der Waals surface area contributed by atoms with Gasteiger partial charge in [0, 0.05) is 49.6 Å². The molecule has 3 nitrogen and oxygen atoms in total. The van der Waals surface area contributed by atoms with Crippen molar-refractivity contribution in [2.45, 2.75) is 5.41 Å². The van der Waals surface area contributed by atoms with E-state index < -0.39 is 5.41 Å². The van der Waals surface area contributed by atoms with Gasteiger partial charge < -0.3 is 13.9 Å². The highest BCUT2D eigenvalue weighted by atomic mass is 16.3. The van der Waals surface area contributed by atoms with Gasteiger partial charge in [-0.3, -0.25) is 0 Å². The summed E-state index contributed by atoms with van der Waals surface area (Å²) in [5.41, 5.74) is 23.1. The van der Waals surface area contributed by atoms with Gasteiger partial charge in [-0.1, -0.05) is 200 Å². The second-order valence-electron chi connectivity index (χ2n) is 19.9. The van der Waals surface area contributed by atoms with Crippen molar-refractivity contribution in [2.24, 2.45) is 0 Å². The third-order valence-corrected chi connectivity index (χ3v) is 16.2. The normalized spacial score (nSPS) is 13.0. The van der Waals surface area contributed by atoms with E-state index in [2.05, 4.69) is 276 Å². The first-order valence-corrected chi connectivity index (χ1v) is 25.6. The molecule has 0 saturated heterocycles. The van der Waals surface area contributed by atoms with E-state index in [1.54, 1.807) is 0 Å². The molecule has 2 aliphatic rings. The number of anilines is 3. The molecule has 12 aromatic carbocycles. The average molecular weight is 941 g/mol. The summed E-state index contributed by atoms with van der Waals surface area (Å²) in [6, 6.07) is 98.3. The minimum atomic E-state index is -0.476. The molecule has 0 N–H and O–H groups in total. The quantitative estimate of drug-likeness (QED) is 0.166. The van der Waals surface area contributed by atoms with E-state index in [0.717, 1.165) is 72.3 Å². The number of nitrogens with zero attached hydrogens (tertiary/aromatic N) is 2. The van der Waals surface area contributed by atoms with Crippen LogP contribution in [-0.4, -0.2) is 4.57 Å². The zero-order valence-electron chi connectivity index (χ0n) is 40.2. The summed E-state index contributed by atoms with van der Waals surface area (Å²) in [7, 11) is 0. The Bertz CT molecular complexity index is 4530. The van der Waals surface area contributed by atoms with Gasteiger partial charge in [0.05, 0.1) is 22.1 Å². The second-order valence-corrected chi connectivity index (χ2v) is 19.9. The van der Waals surface area contributed by atoms with E-state index in [4.69, 9.17) is 4.42 Å². The van der Waals surface area contributed by atoms with Crippen molar-refractivity contribution in [2.75, 3.05) is 4.90 Å². The Hall–Kier alpha value is -9.70. The minimum absolute atomic E-state index is 0.476. The molecule has 14 aromatic rings. The molecule has 0 aliphatic heterocycles. The second kappa shape index (κ2) is 15.6. The molecule has 0 radical (unpaired) electrons. The molecule has 74 heavy (non-hydrogen) atoms. The minimum Gasteiger partial charge on any atom is -0.455 e. The SMILES string of the molecule is c1cc(-c2cccc3oc4c5ccccc5ccc4c23)cc(N(c2ccc(-c3cccc(-n4c5ccccc5c5ccccc54)c3)cc2)c2cccc3c2-c2ccccc2C32c3ccccc3-c3ccccc32)c1. The van der Waals surface area contributed by atoms with Crippen LogP contribution in [0, 0.1) is 0 Å². The number of aromatic nitrogens is 1. The molecule has 3 heteroatoms. The van der Waals surface area contributed by atoms with Crippen molar-refractivity contribution in [3.8, 4) is 50.2 Å². The average Bonchev–Trinajstić information content (AvgIpc) is 4.23. The molecule has 0 bridgehead atoms. The number of rotatable bonds is 6. The molecule has 0 fully saturated rings. The summed E-state index contributed by atoms with van der Waals surface area (Å²) in [5, 5.41) is 7.05. The van der Waals surface area contributed by atoms with Crippen molar-refractivity contribution in [3.05, 3.63) is 289 Å². The topological polar surface area (TPSA) is 21.3 Å². The monoisotopic (exact) mass is 940 g/mol. The van der Waals surface area contributed by atoms with Gasteiger partial charge in [-0.25, -0.2) is 0 Å². The van der Waals surface area contributed by atoms with E-state index in [-0.39, 0.29) is 0 Å². The third-order valence-electron chi connectivity index (χ3n) is 16.2. The van der Waals surface area contributed by atoms with Crippen LogP contribution in [-0.2, 0) is 5.41 Å². The molecular weight excluding hydrogens is 897 g/mol. The molecule has 1 spiro atoms. The van der Waals surface area contributed by atoms with Crippen LogP contribution in [0.3, 0.4) is 0 Å². The van der Waals surface area contributed by atoms with E-state index in [1.807, 2.05) is 0 Å². The molecule has 0 atom stereocenters. The number of hydrogen-bond donors (Lipinski definition) is 0. The van der Waals surface area contributed by atoms with Gasteiger partial charge in [0.15, 0.2) is 0 Å². The fourth-order valence-electron chi connectivity index (χ4n) is 13.2. The van der Waals surface area contributed by atoms with Gasteiger partial charge >= 0.3 is 0 Å². The first kappa shape index (κ1) is 41.0. The zero-order valence-corrected chi connectivity index (χ0v) is 40.2. The highest BCUT2D eigenvalue weighted by Gasteiger charge is 2.52. The Morgan fingerprint density at radius 2 is 0.932 bits per heavy atom. The molecule has 0 saturated carbocycles. The largest absolute Gasteiger partial charge is 0.455 e. The summed E-state index contributed by atoms with van der Waals surface area (Å²) in [6.45, 7) is 0. The Kier molecular flexibility index (Phi) is 8.66. The number of fused-ring (bicyclic) bond motifs is 18. The number of hydrogen-bond acceptors (Lipinski definition) is 2. The Balaban J connectivity index is 0.898. The van der Waals surface area contributed by atoms with Crippen LogP contribution < -0.4 is 4.90 Å². The number of furan rings is 1. The lowest BCUT2D eigenvalue weighted by Crippen LogP contribution is -2.26. The van der Waals surface area contributed by atoms with E-state index in [1.165, 1.54) is 71.7 Å². The van der Waals surface area contributed by atoms with Gasteiger partial charge in [0.1, 0.15) is 11.2 Å². The van der Waals surface area contributed by atoms with Gasteiger partial charge in [0.25, 0.3) is 0 Å². The van der Waals surface area contributed by atoms with Gasteiger partial charge in [-0.05, 0) is 133 Å². The summed E-state index contributed by atoms with van der Waals surface area (Å²) >= 11 is 0. The molecule has 0 unspecified atom stereocenters. The maximum absolute atomic E-state index is 6.73. The van der Waals surface area contributed by atoms with E-state index in [0.29, 0.717) is 0 Å². The predicted molar refractivity (Wildman–Crippen MR) is 307 cm³/mol. The van der Waals surface area contributed by atoms with Crippen molar-refractivity contribution < 1.29 is 4.42 Å². The molecule has 2 aromatic heterocycles. The molecule has 16 rings (SSSR count). The standard InChI is InChI=1S/C71H44N2O/c1-2-22-53-46(17-1)39-42-59-68-52(28-15-36-67(68)74-70(53)59)48-19-14-20-50(44-48)72(49-40-37-45(38-41-49)47-18-13-21-51(43-47)73-64-33-11-6-25-56(64)57-26-7-12-34-65(57)73)66-35-16-32-63-69(66)58-27-5-10-31-62(58)71(63)60-29-8-3-23-54(60)55-24-4-9-30-61(55)71/h1-44H. The lowest BCUT2D eigenvalue weighted by molar-refractivity contribution is 0.673. The molecule has 2 aliphatic carbocycles. The lowest BCUT2D eigenvalue weighted by Gasteiger charge is -2.32. The summed E-state index contributed by atoms with van der Waals surface area (Å²) < 4.78 is 9.12. The fourth-order valence-corrected chi connectivity index (χ4v) is 13.2. The first-order valence-electron chi connectivity index (χ1n) is 25.6. The maximum Gasteiger partial charge on any atom is 0.143 e. The highest BCUT2D eigenvalue weighted by Crippen LogP contribution is 2.64. The van der Waals surface area contributed by atoms with Crippen molar-refractivity contribution in [3.63, 3.8) is 0 Å². The van der Waals surface area contributed by atoms with Crippen LogP contribution in [0.2, 0.25) is 0 Å². The maximum atomic E-state index is 6.73. The third kappa shape index (κ3) is 5.66. The summed E-state index contributed by atoms with van der Waals surface area (Å²) in [5.74, 6) is 0. The number of benzene rings is 12. The highest BCUT2D eigenvalue weighted by molar-refractivity contribution is 6.19. The van der Waals surface area contributed by atoms with Crippen LogP contribution in [0.25, 0.3) is 105 Å². The van der Waals surface area contributed by atoms with Gasteiger partial charge in [0.2, 0.25) is 0 Å². The Morgan fingerprint density at radius 3 is 1.69 bits per heavy atom. The lowest BCUT2D eigenvalue weighted by atomic mass is 9.70. The van der Waals surface area contributed by atoms with Gasteiger partial charge in [-0.15, -0.1) is 0 Å². The fraction of sp³-hybridized carbons (Fsp3) is 0.0141. The van der Waals surface area contributed by atoms with Crippen molar-refractivity contribution in [1.82, 2.24) is 4.57 Å². The summed E-state index contributed by atoms with van der Waals surface area (Å²) in [6.07, 6.45) is 0. The Morgan fingerprint density at radius 1 is 0.351 bits per heavy atom. The first-order chi connectivity index (χ1) is 36.7. The van der Waals surface area contributed by atoms with Crippen molar-refractivity contribution >= 4 is 71.6 Å². The van der Waals surface area contributed by atoms with Crippen molar-refractivity contribution in [1.29, 1.82) is 0 Å². The number of para-hydroxylation sites is 2. The molecule has 344 valence electrons. The predicted octanol–water partition coefficient (Wildman–Crippen LogP) is 19.0.